The first kappa shape index (κ1) is 23.1. The van der Waals surface area contributed by atoms with Crippen molar-refractivity contribution in [2.45, 2.75) is 25.3 Å². The van der Waals surface area contributed by atoms with Crippen molar-refractivity contribution in [2.75, 3.05) is 27.2 Å². The smallest absolute Gasteiger partial charge is 0.253 e. The summed E-state index contributed by atoms with van der Waals surface area (Å²) in [6.45, 7) is 3.97. The van der Waals surface area contributed by atoms with Crippen LogP contribution in [0.2, 0.25) is 5.02 Å². The van der Waals surface area contributed by atoms with Crippen LogP contribution in [0.25, 0.3) is 0 Å². The Kier molecular flexibility index (Phi) is 7.62. The minimum atomic E-state index is -3.84. The first-order valence-corrected chi connectivity index (χ1v) is 10.9. The Morgan fingerprint density at radius 3 is 2.38 bits per heavy atom. The Morgan fingerprint density at radius 1 is 1.17 bits per heavy atom. The lowest BCUT2D eigenvalue weighted by molar-refractivity contribution is 0.0783. The minimum Gasteiger partial charge on any atom is -0.495 e. The second-order valence-electron chi connectivity index (χ2n) is 6.32. The third kappa shape index (κ3) is 4.88. The molecule has 1 amide bonds. The molecule has 2 aromatic carbocycles. The van der Waals surface area contributed by atoms with E-state index in [1.807, 2.05) is 0 Å². The molecule has 0 fully saturated rings. The van der Waals surface area contributed by atoms with Gasteiger partial charge in [0, 0.05) is 42.8 Å². The number of hydrogen-bond donors (Lipinski definition) is 0. The van der Waals surface area contributed by atoms with Crippen molar-refractivity contribution >= 4 is 27.5 Å². The summed E-state index contributed by atoms with van der Waals surface area (Å²) in [5, 5.41) is 0.212. The van der Waals surface area contributed by atoms with E-state index in [1.54, 1.807) is 19.9 Å². The summed E-state index contributed by atoms with van der Waals surface area (Å²) in [5.74, 6) is -0.840. The average Bonchev–Trinajstić information content (AvgIpc) is 2.70. The monoisotopic (exact) mass is 442 g/mol. The highest BCUT2D eigenvalue weighted by Gasteiger charge is 2.27. The third-order valence-corrected chi connectivity index (χ3v) is 6.96. The second-order valence-corrected chi connectivity index (χ2v) is 8.63. The van der Waals surface area contributed by atoms with Crippen LogP contribution in [-0.2, 0) is 16.6 Å². The van der Waals surface area contributed by atoms with Gasteiger partial charge in [-0.3, -0.25) is 4.79 Å². The number of benzene rings is 2. The van der Waals surface area contributed by atoms with Gasteiger partial charge in [0.2, 0.25) is 10.0 Å². The Balaban J connectivity index is 2.41. The molecule has 29 heavy (non-hydrogen) atoms. The van der Waals surface area contributed by atoms with Gasteiger partial charge in [-0.05, 0) is 30.3 Å². The van der Waals surface area contributed by atoms with Crippen LogP contribution in [0.5, 0.6) is 5.75 Å². The van der Waals surface area contributed by atoms with Gasteiger partial charge in [-0.2, -0.15) is 4.31 Å². The van der Waals surface area contributed by atoms with E-state index in [1.165, 1.54) is 53.7 Å². The number of hydrogen-bond acceptors (Lipinski definition) is 4. The predicted octanol–water partition coefficient (Wildman–Crippen LogP) is 3.79. The molecule has 0 aliphatic rings. The molecule has 0 radical (unpaired) electrons. The maximum Gasteiger partial charge on any atom is 0.253 e. The summed E-state index contributed by atoms with van der Waals surface area (Å²) in [7, 11) is -0.982. The second kappa shape index (κ2) is 9.56. The topological polar surface area (TPSA) is 66.9 Å². The Morgan fingerprint density at radius 2 is 1.83 bits per heavy atom. The lowest BCUT2D eigenvalue weighted by Gasteiger charge is -2.22. The number of amides is 1. The first-order valence-electron chi connectivity index (χ1n) is 9.03. The Labute approximate surface area is 175 Å². The molecule has 6 nitrogen and oxygen atoms in total. The zero-order valence-corrected chi connectivity index (χ0v) is 18.3. The number of halogens is 2. The summed E-state index contributed by atoms with van der Waals surface area (Å²) in [6.07, 6.45) is 0. The first-order chi connectivity index (χ1) is 13.7. The van der Waals surface area contributed by atoms with Crippen LogP contribution in [0.1, 0.15) is 29.8 Å². The van der Waals surface area contributed by atoms with Gasteiger partial charge in [0.25, 0.3) is 5.91 Å². The number of carbonyl (C=O) groups is 1. The van der Waals surface area contributed by atoms with Gasteiger partial charge in [-0.1, -0.05) is 31.5 Å². The van der Waals surface area contributed by atoms with Gasteiger partial charge in [0.15, 0.2) is 0 Å². The molecule has 0 bridgehead atoms. The molecule has 0 aromatic heterocycles. The third-order valence-electron chi connectivity index (χ3n) is 4.54. The van der Waals surface area contributed by atoms with Crippen molar-refractivity contribution in [3.8, 4) is 5.75 Å². The highest BCUT2D eigenvalue weighted by Crippen LogP contribution is 2.29. The van der Waals surface area contributed by atoms with Crippen LogP contribution in [0.3, 0.4) is 0 Å². The van der Waals surface area contributed by atoms with E-state index in [9.17, 15) is 17.6 Å². The number of carbonyl (C=O) groups excluding carboxylic acids is 1. The SMILES string of the molecule is CCN(CC)S(=O)(=O)c1cc(C(=O)N(C)Cc2c(F)cccc2Cl)ccc1OC. The molecule has 158 valence electrons. The largest absolute Gasteiger partial charge is 0.495 e. The number of ether oxygens (including phenoxy) is 1. The summed E-state index contributed by atoms with van der Waals surface area (Å²) in [6, 6.07) is 8.49. The summed E-state index contributed by atoms with van der Waals surface area (Å²) >= 11 is 6.04. The van der Waals surface area contributed by atoms with Crippen LogP contribution >= 0.6 is 11.6 Å². The number of sulfonamides is 1. The van der Waals surface area contributed by atoms with E-state index in [4.69, 9.17) is 16.3 Å². The van der Waals surface area contributed by atoms with Crippen molar-refractivity contribution in [1.29, 1.82) is 0 Å². The molecule has 0 heterocycles. The fraction of sp³-hybridized carbons (Fsp3) is 0.350. The molecule has 0 saturated carbocycles. The highest BCUT2D eigenvalue weighted by atomic mass is 35.5. The normalized spacial score (nSPS) is 11.6. The molecule has 0 saturated heterocycles. The fourth-order valence-corrected chi connectivity index (χ4v) is 4.79. The highest BCUT2D eigenvalue weighted by molar-refractivity contribution is 7.89. The summed E-state index contributed by atoms with van der Waals surface area (Å²) in [5.41, 5.74) is 0.334. The number of rotatable bonds is 8. The molecule has 0 unspecified atom stereocenters. The van der Waals surface area contributed by atoms with Gasteiger partial charge in [0.1, 0.15) is 16.5 Å². The van der Waals surface area contributed by atoms with E-state index >= 15 is 0 Å². The zero-order valence-electron chi connectivity index (χ0n) is 16.8. The van der Waals surface area contributed by atoms with Crippen LogP contribution in [-0.4, -0.2) is 50.8 Å². The van der Waals surface area contributed by atoms with Gasteiger partial charge < -0.3 is 9.64 Å². The van der Waals surface area contributed by atoms with Crippen molar-refractivity contribution in [2.24, 2.45) is 0 Å². The van der Waals surface area contributed by atoms with Crippen LogP contribution < -0.4 is 4.74 Å². The van der Waals surface area contributed by atoms with E-state index < -0.39 is 21.7 Å². The van der Waals surface area contributed by atoms with Crippen molar-refractivity contribution < 1.29 is 22.3 Å². The molecule has 0 N–H and O–H groups in total. The van der Waals surface area contributed by atoms with Crippen molar-refractivity contribution in [3.63, 3.8) is 0 Å². The van der Waals surface area contributed by atoms with E-state index in [0.717, 1.165) is 0 Å². The van der Waals surface area contributed by atoms with Gasteiger partial charge in [-0.15, -0.1) is 0 Å². The maximum absolute atomic E-state index is 14.0. The van der Waals surface area contributed by atoms with Crippen molar-refractivity contribution in [3.05, 3.63) is 58.4 Å². The van der Waals surface area contributed by atoms with Gasteiger partial charge >= 0.3 is 0 Å². The number of nitrogens with zero attached hydrogens (tertiary/aromatic N) is 2. The van der Waals surface area contributed by atoms with E-state index in [0.29, 0.717) is 0 Å². The Hall–Kier alpha value is -2.16. The summed E-state index contributed by atoms with van der Waals surface area (Å²) < 4.78 is 46.4. The maximum atomic E-state index is 14.0. The predicted molar refractivity (Wildman–Crippen MR) is 110 cm³/mol. The summed E-state index contributed by atoms with van der Waals surface area (Å²) in [4.78, 5) is 14.1. The molecule has 2 rings (SSSR count). The molecule has 0 aliphatic carbocycles. The average molecular weight is 443 g/mol. The quantitative estimate of drug-likeness (QED) is 0.623. The van der Waals surface area contributed by atoms with Crippen molar-refractivity contribution in [1.82, 2.24) is 9.21 Å². The van der Waals surface area contributed by atoms with Crippen LogP contribution in [0, 0.1) is 5.82 Å². The lowest BCUT2D eigenvalue weighted by Crippen LogP contribution is -2.31. The van der Waals surface area contributed by atoms with Crippen LogP contribution in [0.4, 0.5) is 4.39 Å². The van der Waals surface area contributed by atoms with Gasteiger partial charge in [-0.25, -0.2) is 12.8 Å². The minimum absolute atomic E-state index is 0.0610. The lowest BCUT2D eigenvalue weighted by atomic mass is 10.1. The zero-order chi connectivity index (χ0) is 21.8. The fourth-order valence-electron chi connectivity index (χ4n) is 2.93. The molecule has 2 aromatic rings. The molecular formula is C20H24ClFN2O4S. The molecule has 9 heteroatoms. The standard InChI is InChI=1S/C20H24ClFN2O4S/c1-5-24(6-2)29(26,27)19-12-14(10-11-18(19)28-4)20(25)23(3)13-15-16(21)8-7-9-17(15)22/h7-12H,5-6,13H2,1-4H3. The van der Waals surface area contributed by atoms with Gasteiger partial charge in [0.05, 0.1) is 7.11 Å². The van der Waals surface area contributed by atoms with Crippen LogP contribution in [0.15, 0.2) is 41.3 Å². The molecule has 0 atom stereocenters. The Bertz CT molecular complexity index is 974. The van der Waals surface area contributed by atoms with E-state index in [-0.39, 0.29) is 46.4 Å². The molecular weight excluding hydrogens is 419 g/mol. The molecule has 0 spiro atoms. The molecule has 0 aliphatic heterocycles. The number of methoxy groups -OCH3 is 1. The van der Waals surface area contributed by atoms with E-state index in [2.05, 4.69) is 0 Å².